The first-order chi connectivity index (χ1) is 13.1. The summed E-state index contributed by atoms with van der Waals surface area (Å²) < 4.78 is 7.24. The van der Waals surface area contributed by atoms with Crippen LogP contribution in [0.1, 0.15) is 5.56 Å². The molecule has 0 saturated heterocycles. The van der Waals surface area contributed by atoms with Crippen LogP contribution in [0.5, 0.6) is 5.75 Å². The van der Waals surface area contributed by atoms with Crippen molar-refractivity contribution in [3.8, 4) is 23.6 Å². The molecule has 0 fully saturated rings. The first-order valence-electron chi connectivity index (χ1n) is 7.75. The zero-order valence-corrected chi connectivity index (χ0v) is 15.7. The van der Waals surface area contributed by atoms with E-state index in [1.54, 1.807) is 49.6 Å². The van der Waals surface area contributed by atoms with Gasteiger partial charge in [-0.2, -0.15) is 10.5 Å². The van der Waals surface area contributed by atoms with E-state index in [2.05, 4.69) is 0 Å². The highest BCUT2D eigenvalue weighted by Crippen LogP contribution is 2.13. The van der Waals surface area contributed by atoms with Crippen LogP contribution in [0.4, 0.5) is 0 Å². The third-order valence-electron chi connectivity index (χ3n) is 3.74. The molecule has 0 spiro atoms. The zero-order valence-electron chi connectivity index (χ0n) is 14.1. The Morgan fingerprint density at radius 2 is 1.89 bits per heavy atom. The van der Waals surface area contributed by atoms with E-state index >= 15 is 0 Å². The lowest BCUT2D eigenvalue weighted by atomic mass is 10.2. The fraction of sp³-hybridized carbons (Fsp3) is 0.0500. The SMILES string of the molecule is COc1cccc(C=c2sc(=C(C#N)C#N)n(-c3ccc(Cl)cc3)c2=O)c1. The molecule has 0 aliphatic carbocycles. The zero-order chi connectivity index (χ0) is 19.4. The first kappa shape index (κ1) is 18.5. The van der Waals surface area contributed by atoms with Gasteiger partial charge in [-0.05, 0) is 48.0 Å². The Bertz CT molecular complexity index is 1240. The molecule has 132 valence electrons. The Morgan fingerprint density at radius 1 is 1.19 bits per heavy atom. The minimum absolute atomic E-state index is 0.127. The standard InChI is InChI=1S/C20H12ClN3O2S/c1-26-17-4-2-3-13(9-17)10-18-19(25)24(16-7-5-15(21)6-8-16)20(27-18)14(11-22)12-23/h2-10H,1H3. The third kappa shape index (κ3) is 3.78. The summed E-state index contributed by atoms with van der Waals surface area (Å²) in [6.07, 6.45) is 1.71. The van der Waals surface area contributed by atoms with E-state index < -0.39 is 0 Å². The minimum Gasteiger partial charge on any atom is -0.497 e. The number of thiazole rings is 1. The number of nitriles is 2. The molecule has 7 heteroatoms. The highest BCUT2D eigenvalue weighted by molar-refractivity contribution is 7.07. The van der Waals surface area contributed by atoms with Crippen LogP contribution in [0.15, 0.2) is 53.3 Å². The van der Waals surface area contributed by atoms with Gasteiger partial charge in [-0.1, -0.05) is 23.7 Å². The normalized spacial score (nSPS) is 10.9. The van der Waals surface area contributed by atoms with Gasteiger partial charge in [0.1, 0.15) is 22.6 Å². The van der Waals surface area contributed by atoms with Gasteiger partial charge in [0.15, 0.2) is 5.57 Å². The van der Waals surface area contributed by atoms with Crippen LogP contribution in [0.2, 0.25) is 5.02 Å². The highest BCUT2D eigenvalue weighted by atomic mass is 35.5. The minimum atomic E-state index is -0.317. The summed E-state index contributed by atoms with van der Waals surface area (Å²) in [6.45, 7) is 0. The molecule has 0 N–H and O–H groups in total. The molecule has 27 heavy (non-hydrogen) atoms. The summed E-state index contributed by atoms with van der Waals surface area (Å²) in [5.41, 5.74) is 0.863. The van der Waals surface area contributed by atoms with Crippen molar-refractivity contribution >= 4 is 34.6 Å². The van der Waals surface area contributed by atoms with E-state index in [9.17, 15) is 15.3 Å². The van der Waals surface area contributed by atoms with Crippen LogP contribution in [-0.2, 0) is 0 Å². The Labute approximate surface area is 163 Å². The monoisotopic (exact) mass is 393 g/mol. The first-order valence-corrected chi connectivity index (χ1v) is 8.95. The van der Waals surface area contributed by atoms with Crippen LogP contribution in [-0.4, -0.2) is 11.7 Å². The number of hydrogen-bond donors (Lipinski definition) is 0. The van der Waals surface area contributed by atoms with Gasteiger partial charge in [0.2, 0.25) is 0 Å². The van der Waals surface area contributed by atoms with Gasteiger partial charge in [-0.25, -0.2) is 0 Å². The molecule has 0 radical (unpaired) electrons. The summed E-state index contributed by atoms with van der Waals surface area (Å²) in [5, 5.41) is 19.1. The number of rotatable bonds is 3. The molecule has 1 aromatic heterocycles. The fourth-order valence-corrected chi connectivity index (χ4v) is 3.66. The Morgan fingerprint density at radius 3 is 2.52 bits per heavy atom. The molecule has 0 unspecified atom stereocenters. The molecule has 3 rings (SSSR count). The van der Waals surface area contributed by atoms with Gasteiger partial charge >= 0.3 is 0 Å². The topological polar surface area (TPSA) is 78.8 Å². The van der Waals surface area contributed by atoms with E-state index in [1.165, 1.54) is 4.57 Å². The maximum Gasteiger partial charge on any atom is 0.273 e. The lowest BCUT2D eigenvalue weighted by Gasteiger charge is -2.02. The van der Waals surface area contributed by atoms with E-state index in [4.69, 9.17) is 16.3 Å². The predicted octanol–water partition coefficient (Wildman–Crippen LogP) is 2.59. The van der Waals surface area contributed by atoms with Crippen LogP contribution in [0.3, 0.4) is 0 Å². The summed E-state index contributed by atoms with van der Waals surface area (Å²) in [4.78, 5) is 13.0. The van der Waals surface area contributed by atoms with Crippen molar-refractivity contribution < 1.29 is 4.74 Å². The lowest BCUT2D eigenvalue weighted by Crippen LogP contribution is -2.30. The fourth-order valence-electron chi connectivity index (χ4n) is 2.48. The van der Waals surface area contributed by atoms with Crippen molar-refractivity contribution in [2.75, 3.05) is 7.11 Å². The smallest absolute Gasteiger partial charge is 0.273 e. The quantitative estimate of drug-likeness (QED) is 0.685. The van der Waals surface area contributed by atoms with Crippen LogP contribution in [0, 0.1) is 22.7 Å². The van der Waals surface area contributed by atoms with Gasteiger partial charge in [0, 0.05) is 5.02 Å². The molecular weight excluding hydrogens is 382 g/mol. The van der Waals surface area contributed by atoms with Crippen molar-refractivity contribution in [1.29, 1.82) is 10.5 Å². The maximum absolute atomic E-state index is 13.0. The molecule has 0 amide bonds. The second kappa shape index (κ2) is 7.92. The molecule has 5 nitrogen and oxygen atoms in total. The number of benzene rings is 2. The maximum atomic E-state index is 13.0. The van der Waals surface area contributed by atoms with Crippen molar-refractivity contribution in [1.82, 2.24) is 4.57 Å². The van der Waals surface area contributed by atoms with E-state index in [0.29, 0.717) is 21.0 Å². The van der Waals surface area contributed by atoms with Crippen LogP contribution < -0.4 is 19.5 Å². The molecule has 0 atom stereocenters. The number of nitrogens with zero attached hydrogens (tertiary/aromatic N) is 3. The molecule has 0 aliphatic rings. The van der Waals surface area contributed by atoms with Crippen LogP contribution in [0.25, 0.3) is 17.3 Å². The largest absolute Gasteiger partial charge is 0.497 e. The second-order valence-electron chi connectivity index (χ2n) is 5.41. The van der Waals surface area contributed by atoms with Crippen LogP contribution >= 0.6 is 22.9 Å². The summed E-state index contributed by atoms with van der Waals surface area (Å²) in [7, 11) is 1.57. The van der Waals surface area contributed by atoms with Crippen molar-refractivity contribution in [2.24, 2.45) is 0 Å². The van der Waals surface area contributed by atoms with Crippen molar-refractivity contribution in [2.45, 2.75) is 0 Å². The second-order valence-corrected chi connectivity index (χ2v) is 6.88. The summed E-state index contributed by atoms with van der Waals surface area (Å²) in [6, 6.07) is 17.6. The van der Waals surface area contributed by atoms with E-state index in [1.807, 2.05) is 24.3 Å². The number of aromatic nitrogens is 1. The summed E-state index contributed by atoms with van der Waals surface area (Å²) >= 11 is 7.01. The average Bonchev–Trinajstić information content (AvgIpc) is 3.00. The van der Waals surface area contributed by atoms with E-state index in [0.717, 1.165) is 16.9 Å². The molecule has 2 aromatic carbocycles. The molecule has 0 bridgehead atoms. The third-order valence-corrected chi connectivity index (χ3v) is 5.08. The van der Waals surface area contributed by atoms with Gasteiger partial charge in [0.25, 0.3) is 5.56 Å². The highest BCUT2D eigenvalue weighted by Gasteiger charge is 2.11. The van der Waals surface area contributed by atoms with Gasteiger partial charge in [-0.3, -0.25) is 9.36 Å². The number of halogens is 1. The molecule has 0 aliphatic heterocycles. The Balaban J connectivity index is 2.35. The van der Waals surface area contributed by atoms with Gasteiger partial charge in [0.05, 0.1) is 17.3 Å². The molecule has 0 saturated carbocycles. The Hall–Kier alpha value is -3.32. The van der Waals surface area contributed by atoms with Gasteiger partial charge in [-0.15, -0.1) is 11.3 Å². The lowest BCUT2D eigenvalue weighted by molar-refractivity contribution is 0.414. The Kier molecular flexibility index (Phi) is 5.42. The van der Waals surface area contributed by atoms with Gasteiger partial charge < -0.3 is 4.74 Å². The molecule has 3 aromatic rings. The predicted molar refractivity (Wildman–Crippen MR) is 105 cm³/mol. The van der Waals surface area contributed by atoms with Crippen molar-refractivity contribution in [3.05, 3.63) is 78.7 Å². The molecule has 1 heterocycles. The number of hydrogen-bond acceptors (Lipinski definition) is 5. The summed E-state index contributed by atoms with van der Waals surface area (Å²) in [5.74, 6) is 0.667. The average molecular weight is 394 g/mol. The number of methoxy groups -OCH3 is 1. The van der Waals surface area contributed by atoms with Crippen molar-refractivity contribution in [3.63, 3.8) is 0 Å². The number of ether oxygens (including phenoxy) is 1. The molecular formula is C20H12ClN3O2S. The van der Waals surface area contributed by atoms with E-state index in [-0.39, 0.29) is 15.8 Å².